The zero-order valence-electron chi connectivity index (χ0n) is 13.8. The summed E-state index contributed by atoms with van der Waals surface area (Å²) in [6, 6.07) is 10.2. The summed E-state index contributed by atoms with van der Waals surface area (Å²) in [5.74, 6) is -0.469. The minimum Gasteiger partial charge on any atom is -0.463 e. The van der Waals surface area contributed by atoms with Crippen molar-refractivity contribution < 1.29 is 23.5 Å². The molecule has 1 aromatic heterocycles. The van der Waals surface area contributed by atoms with Gasteiger partial charge >= 0.3 is 5.97 Å². The van der Waals surface area contributed by atoms with Gasteiger partial charge in [0.15, 0.2) is 4.67 Å². The summed E-state index contributed by atoms with van der Waals surface area (Å²) in [5.41, 5.74) is 0.886. The molecule has 1 aliphatic heterocycles. The lowest BCUT2D eigenvalue weighted by atomic mass is 10.1. The molecule has 2 amide bonds. The van der Waals surface area contributed by atoms with Gasteiger partial charge in [0.2, 0.25) is 0 Å². The number of halogens is 1. The van der Waals surface area contributed by atoms with Gasteiger partial charge in [0.05, 0.1) is 17.7 Å². The molecule has 3 rings (SSSR count). The van der Waals surface area contributed by atoms with Crippen molar-refractivity contribution in [2.24, 2.45) is 0 Å². The normalized spacial score (nSPS) is 13.5. The molecule has 0 atom stereocenters. The number of imide groups is 1. The Hall–Kier alpha value is -2.67. The number of nitrogens with zero attached hydrogens (tertiary/aromatic N) is 1. The highest BCUT2D eigenvalue weighted by Gasteiger charge is 2.34. The predicted octanol–water partition coefficient (Wildman–Crippen LogP) is 3.67. The Morgan fingerprint density at radius 1 is 1.08 bits per heavy atom. The molecule has 0 fully saturated rings. The fourth-order valence-electron chi connectivity index (χ4n) is 2.60. The number of hydrogen-bond donors (Lipinski definition) is 0. The van der Waals surface area contributed by atoms with E-state index in [1.807, 2.05) is 0 Å². The Labute approximate surface area is 158 Å². The van der Waals surface area contributed by atoms with Gasteiger partial charge in [-0.25, -0.2) is 4.79 Å². The van der Waals surface area contributed by atoms with Gasteiger partial charge in [-0.1, -0.05) is 12.1 Å². The van der Waals surface area contributed by atoms with Gasteiger partial charge in [0, 0.05) is 12.6 Å². The molecule has 6 nitrogen and oxygen atoms in total. The third kappa shape index (κ3) is 4.11. The molecule has 1 aliphatic rings. The lowest BCUT2D eigenvalue weighted by molar-refractivity contribution is -0.137. The number of carbonyl (C=O) groups is 3. The molecule has 134 valence electrons. The van der Waals surface area contributed by atoms with E-state index in [9.17, 15) is 14.4 Å². The fourth-order valence-corrected chi connectivity index (χ4v) is 2.92. The van der Waals surface area contributed by atoms with E-state index in [1.165, 1.54) is 17.1 Å². The van der Waals surface area contributed by atoms with Crippen LogP contribution in [0, 0.1) is 0 Å². The van der Waals surface area contributed by atoms with E-state index in [0.29, 0.717) is 40.9 Å². The number of fused-ring (bicyclic) bond motifs is 1. The van der Waals surface area contributed by atoms with E-state index in [1.54, 1.807) is 36.4 Å². The molecular weight excluding hydrogens is 402 g/mol. The maximum Gasteiger partial charge on any atom is 0.330 e. The van der Waals surface area contributed by atoms with Crippen LogP contribution in [0.5, 0.6) is 0 Å². The van der Waals surface area contributed by atoms with Crippen LogP contribution in [0.2, 0.25) is 0 Å². The number of ether oxygens (including phenoxy) is 1. The summed E-state index contributed by atoms with van der Waals surface area (Å²) in [5, 5.41) is 0. The predicted molar refractivity (Wildman–Crippen MR) is 97.4 cm³/mol. The summed E-state index contributed by atoms with van der Waals surface area (Å²) < 4.78 is 10.9. The Kier molecular flexibility index (Phi) is 5.68. The van der Waals surface area contributed by atoms with E-state index in [4.69, 9.17) is 9.15 Å². The Balaban J connectivity index is 1.38. The topological polar surface area (TPSA) is 76.8 Å². The van der Waals surface area contributed by atoms with Crippen molar-refractivity contribution in [3.8, 4) is 0 Å². The number of amides is 2. The van der Waals surface area contributed by atoms with Crippen LogP contribution in [0.4, 0.5) is 0 Å². The molecule has 7 heteroatoms. The van der Waals surface area contributed by atoms with Gasteiger partial charge in [-0.15, -0.1) is 0 Å². The van der Waals surface area contributed by atoms with E-state index in [0.717, 1.165) is 0 Å². The number of rotatable bonds is 7. The van der Waals surface area contributed by atoms with Crippen LogP contribution in [-0.4, -0.2) is 35.8 Å². The average molecular weight is 418 g/mol. The van der Waals surface area contributed by atoms with Crippen molar-refractivity contribution >= 4 is 39.8 Å². The Bertz CT molecular complexity index is 835. The molecule has 0 aliphatic carbocycles. The van der Waals surface area contributed by atoms with Crippen molar-refractivity contribution in [2.75, 3.05) is 13.2 Å². The molecule has 0 bridgehead atoms. The van der Waals surface area contributed by atoms with Crippen LogP contribution in [-0.2, 0) is 9.53 Å². The van der Waals surface area contributed by atoms with Gasteiger partial charge in [-0.05, 0) is 59.1 Å². The number of furan rings is 1. The Morgan fingerprint density at radius 3 is 2.38 bits per heavy atom. The van der Waals surface area contributed by atoms with Gasteiger partial charge in [-0.2, -0.15) is 0 Å². The van der Waals surface area contributed by atoms with Crippen molar-refractivity contribution in [1.82, 2.24) is 4.90 Å². The van der Waals surface area contributed by atoms with Gasteiger partial charge in [-0.3, -0.25) is 14.5 Å². The maximum atomic E-state index is 12.2. The summed E-state index contributed by atoms with van der Waals surface area (Å²) in [4.78, 5) is 37.2. The Morgan fingerprint density at radius 2 is 1.77 bits per heavy atom. The lowest BCUT2D eigenvalue weighted by Crippen LogP contribution is -2.30. The summed E-state index contributed by atoms with van der Waals surface area (Å²) in [7, 11) is 0. The molecule has 26 heavy (non-hydrogen) atoms. The second kappa shape index (κ2) is 8.14. The SMILES string of the molecule is O=C(C=Cc1ccc(Br)o1)OCCCCN1C(=O)c2ccccc2C1=O. The molecule has 0 N–H and O–H groups in total. The highest BCUT2D eigenvalue weighted by molar-refractivity contribution is 9.10. The zero-order valence-corrected chi connectivity index (χ0v) is 15.4. The molecule has 1 aromatic carbocycles. The van der Waals surface area contributed by atoms with E-state index in [2.05, 4.69) is 15.9 Å². The number of benzene rings is 1. The van der Waals surface area contributed by atoms with Crippen LogP contribution in [0.1, 0.15) is 39.3 Å². The van der Waals surface area contributed by atoms with Crippen LogP contribution < -0.4 is 0 Å². The smallest absolute Gasteiger partial charge is 0.330 e. The number of carbonyl (C=O) groups excluding carboxylic acids is 3. The van der Waals surface area contributed by atoms with Gasteiger partial charge < -0.3 is 9.15 Å². The highest BCUT2D eigenvalue weighted by atomic mass is 79.9. The molecule has 2 aromatic rings. The van der Waals surface area contributed by atoms with Crippen LogP contribution in [0.15, 0.2) is 51.6 Å². The van der Waals surface area contributed by atoms with Crippen LogP contribution in [0.25, 0.3) is 6.08 Å². The van der Waals surface area contributed by atoms with Crippen molar-refractivity contribution in [1.29, 1.82) is 0 Å². The van der Waals surface area contributed by atoms with E-state index >= 15 is 0 Å². The van der Waals surface area contributed by atoms with Crippen molar-refractivity contribution in [2.45, 2.75) is 12.8 Å². The molecule has 0 unspecified atom stereocenters. The molecule has 0 spiro atoms. The second-order valence-corrected chi connectivity index (χ2v) is 6.44. The first kappa shape index (κ1) is 18.1. The highest BCUT2D eigenvalue weighted by Crippen LogP contribution is 2.22. The first-order valence-electron chi connectivity index (χ1n) is 8.11. The third-order valence-corrected chi connectivity index (χ3v) is 4.30. The molecule has 0 radical (unpaired) electrons. The standard InChI is InChI=1S/C19H16BrNO5/c20-16-9-7-13(26-16)8-10-17(22)25-12-4-3-11-21-18(23)14-5-1-2-6-15(14)19(21)24/h1-2,5-10H,3-4,11-12H2. The van der Waals surface area contributed by atoms with Crippen molar-refractivity contribution in [3.05, 3.63) is 64.0 Å². The third-order valence-electron chi connectivity index (χ3n) is 3.88. The first-order chi connectivity index (χ1) is 12.6. The minimum atomic E-state index is -0.474. The summed E-state index contributed by atoms with van der Waals surface area (Å²) >= 11 is 3.18. The molecule has 0 saturated heterocycles. The number of hydrogen-bond acceptors (Lipinski definition) is 5. The molecule has 2 heterocycles. The average Bonchev–Trinajstić information content (AvgIpc) is 3.16. The molecular formula is C19H16BrNO5. The number of esters is 1. The fraction of sp³-hybridized carbons (Fsp3) is 0.211. The first-order valence-corrected chi connectivity index (χ1v) is 8.91. The second-order valence-electron chi connectivity index (χ2n) is 5.66. The lowest BCUT2D eigenvalue weighted by Gasteiger charge is -2.13. The number of unbranched alkanes of at least 4 members (excludes halogenated alkanes) is 1. The summed E-state index contributed by atoms with van der Waals surface area (Å²) in [6.45, 7) is 0.522. The summed E-state index contributed by atoms with van der Waals surface area (Å²) in [6.07, 6.45) is 3.92. The largest absolute Gasteiger partial charge is 0.463 e. The van der Waals surface area contributed by atoms with E-state index < -0.39 is 5.97 Å². The van der Waals surface area contributed by atoms with E-state index in [-0.39, 0.29) is 18.4 Å². The quantitative estimate of drug-likeness (QED) is 0.297. The van der Waals surface area contributed by atoms with Gasteiger partial charge in [0.1, 0.15) is 5.76 Å². The monoisotopic (exact) mass is 417 g/mol. The van der Waals surface area contributed by atoms with Crippen molar-refractivity contribution in [3.63, 3.8) is 0 Å². The maximum absolute atomic E-state index is 12.2. The minimum absolute atomic E-state index is 0.216. The van der Waals surface area contributed by atoms with Gasteiger partial charge in [0.25, 0.3) is 11.8 Å². The van der Waals surface area contributed by atoms with Crippen LogP contribution >= 0.6 is 15.9 Å². The van der Waals surface area contributed by atoms with Crippen LogP contribution in [0.3, 0.4) is 0 Å². The zero-order chi connectivity index (χ0) is 18.5. The molecule has 0 saturated carbocycles.